The number of halogens is 1. The Bertz CT molecular complexity index is 439. The Morgan fingerprint density at radius 3 is 2.53 bits per heavy atom. The largest absolute Gasteiger partial charge is 0.506 e. The number of anilines is 1. The molecule has 0 amide bonds. The summed E-state index contributed by atoms with van der Waals surface area (Å²) in [5.41, 5.74) is 1.32. The van der Waals surface area contributed by atoms with Crippen molar-refractivity contribution in [2.45, 2.75) is 52.5 Å². The van der Waals surface area contributed by atoms with E-state index in [1.54, 1.807) is 6.07 Å². The summed E-state index contributed by atoms with van der Waals surface area (Å²) >= 11 is 5.97. The lowest BCUT2D eigenvalue weighted by Gasteiger charge is -2.41. The molecule has 0 bridgehead atoms. The van der Waals surface area contributed by atoms with Crippen LogP contribution in [0.4, 0.5) is 5.69 Å². The number of hydrogen-bond acceptors (Lipinski definition) is 2. The highest BCUT2D eigenvalue weighted by Gasteiger charge is 2.34. The van der Waals surface area contributed by atoms with Gasteiger partial charge in [0.1, 0.15) is 5.75 Å². The molecule has 2 nitrogen and oxygen atoms in total. The minimum atomic E-state index is 0.142. The van der Waals surface area contributed by atoms with Gasteiger partial charge in [-0.1, -0.05) is 45.2 Å². The van der Waals surface area contributed by atoms with E-state index < -0.39 is 0 Å². The molecule has 1 aliphatic rings. The molecule has 0 heterocycles. The monoisotopic (exact) mass is 281 g/mol. The predicted molar refractivity (Wildman–Crippen MR) is 81.9 cm³/mol. The molecule has 2 rings (SSSR count). The second-order valence-electron chi connectivity index (χ2n) is 6.67. The summed E-state index contributed by atoms with van der Waals surface area (Å²) in [6, 6.07) is 5.86. The fraction of sp³-hybridized carbons (Fsp3) is 0.625. The van der Waals surface area contributed by atoms with Crippen LogP contribution in [0.5, 0.6) is 5.75 Å². The third-order valence-corrected chi connectivity index (χ3v) is 4.48. The Balaban J connectivity index is 2.13. The normalized spacial score (nSPS) is 24.2. The molecule has 19 heavy (non-hydrogen) atoms. The van der Waals surface area contributed by atoms with Crippen LogP contribution in [0.1, 0.15) is 46.5 Å². The van der Waals surface area contributed by atoms with E-state index >= 15 is 0 Å². The van der Waals surface area contributed by atoms with E-state index in [2.05, 4.69) is 26.1 Å². The molecule has 1 aliphatic carbocycles. The van der Waals surface area contributed by atoms with E-state index in [1.165, 1.54) is 25.7 Å². The van der Waals surface area contributed by atoms with Crippen molar-refractivity contribution in [1.29, 1.82) is 0 Å². The average molecular weight is 282 g/mol. The smallest absolute Gasteiger partial charge is 0.134 e. The van der Waals surface area contributed by atoms with Crippen LogP contribution in [0.15, 0.2) is 18.2 Å². The molecule has 0 spiro atoms. The molecule has 0 aliphatic heterocycles. The van der Waals surface area contributed by atoms with Crippen LogP contribution in [-0.4, -0.2) is 11.1 Å². The summed E-state index contributed by atoms with van der Waals surface area (Å²) < 4.78 is 0. The standard InChI is InChI=1S/C16H24ClNO/c1-16(2,3)12-6-4-5-7-14(12)18-11-8-9-15(19)13(17)10-11/h8-10,12,14,18-19H,4-7H2,1-3H3. The van der Waals surface area contributed by atoms with Gasteiger partial charge < -0.3 is 10.4 Å². The van der Waals surface area contributed by atoms with E-state index in [9.17, 15) is 5.11 Å². The van der Waals surface area contributed by atoms with Crippen LogP contribution in [0.2, 0.25) is 5.02 Å². The topological polar surface area (TPSA) is 32.3 Å². The Morgan fingerprint density at radius 1 is 1.21 bits per heavy atom. The van der Waals surface area contributed by atoms with Crippen molar-refractivity contribution < 1.29 is 5.11 Å². The summed E-state index contributed by atoms with van der Waals surface area (Å²) in [6.45, 7) is 6.96. The quantitative estimate of drug-likeness (QED) is 0.743. The summed E-state index contributed by atoms with van der Waals surface area (Å²) in [5.74, 6) is 0.817. The highest BCUT2D eigenvalue weighted by Crippen LogP contribution is 2.39. The molecular formula is C16H24ClNO. The summed E-state index contributed by atoms with van der Waals surface area (Å²) in [5, 5.41) is 13.5. The van der Waals surface area contributed by atoms with Crippen LogP contribution in [-0.2, 0) is 0 Å². The number of benzene rings is 1. The van der Waals surface area contributed by atoms with Crippen molar-refractivity contribution in [3.63, 3.8) is 0 Å². The maximum Gasteiger partial charge on any atom is 0.134 e. The lowest BCUT2D eigenvalue weighted by atomic mass is 9.69. The van der Waals surface area contributed by atoms with Gasteiger partial charge in [-0.15, -0.1) is 0 Å². The number of nitrogens with one attached hydrogen (secondary N) is 1. The van der Waals surface area contributed by atoms with Gasteiger partial charge in [-0.3, -0.25) is 0 Å². The fourth-order valence-corrected chi connectivity index (χ4v) is 3.33. The van der Waals surface area contributed by atoms with Gasteiger partial charge in [0.05, 0.1) is 5.02 Å². The van der Waals surface area contributed by atoms with E-state index in [4.69, 9.17) is 11.6 Å². The number of hydrogen-bond donors (Lipinski definition) is 2. The Morgan fingerprint density at radius 2 is 1.89 bits per heavy atom. The van der Waals surface area contributed by atoms with Gasteiger partial charge >= 0.3 is 0 Å². The first-order valence-corrected chi connectivity index (χ1v) is 7.51. The number of rotatable bonds is 2. The van der Waals surface area contributed by atoms with E-state index in [1.807, 2.05) is 12.1 Å². The van der Waals surface area contributed by atoms with Crippen LogP contribution in [0, 0.1) is 11.3 Å². The molecule has 1 fully saturated rings. The molecule has 3 heteroatoms. The zero-order chi connectivity index (χ0) is 14.0. The van der Waals surface area contributed by atoms with Crippen molar-refractivity contribution >= 4 is 17.3 Å². The zero-order valence-corrected chi connectivity index (χ0v) is 12.8. The third kappa shape index (κ3) is 3.56. The highest BCUT2D eigenvalue weighted by atomic mass is 35.5. The van der Waals surface area contributed by atoms with Crippen molar-refractivity contribution in [1.82, 2.24) is 0 Å². The molecule has 0 saturated heterocycles. The van der Waals surface area contributed by atoms with Crippen LogP contribution < -0.4 is 5.32 Å². The molecule has 1 aromatic carbocycles. The average Bonchev–Trinajstić information content (AvgIpc) is 2.33. The van der Waals surface area contributed by atoms with E-state index in [-0.39, 0.29) is 5.75 Å². The lowest BCUT2D eigenvalue weighted by Crippen LogP contribution is -2.39. The van der Waals surface area contributed by atoms with Crippen molar-refractivity contribution in [3.8, 4) is 5.75 Å². The van der Waals surface area contributed by atoms with E-state index in [0.717, 1.165) is 5.69 Å². The van der Waals surface area contributed by atoms with Gasteiger partial charge in [-0.25, -0.2) is 0 Å². The molecule has 106 valence electrons. The van der Waals surface area contributed by atoms with Gasteiger partial charge in [0.15, 0.2) is 0 Å². The van der Waals surface area contributed by atoms with Crippen LogP contribution >= 0.6 is 11.6 Å². The molecule has 2 atom stereocenters. The second-order valence-corrected chi connectivity index (χ2v) is 7.08. The lowest BCUT2D eigenvalue weighted by molar-refractivity contribution is 0.163. The Hall–Kier alpha value is -0.890. The van der Waals surface area contributed by atoms with E-state index in [0.29, 0.717) is 22.4 Å². The van der Waals surface area contributed by atoms with Crippen molar-refractivity contribution in [2.24, 2.45) is 11.3 Å². The van der Waals surface area contributed by atoms with Crippen molar-refractivity contribution in [3.05, 3.63) is 23.2 Å². The molecule has 1 saturated carbocycles. The van der Waals surface area contributed by atoms with Crippen LogP contribution in [0.25, 0.3) is 0 Å². The highest BCUT2D eigenvalue weighted by molar-refractivity contribution is 6.32. The summed E-state index contributed by atoms with van der Waals surface area (Å²) in [4.78, 5) is 0. The maximum atomic E-state index is 9.47. The van der Waals surface area contributed by atoms with Crippen LogP contribution in [0.3, 0.4) is 0 Å². The third-order valence-electron chi connectivity index (χ3n) is 4.18. The molecule has 2 unspecified atom stereocenters. The number of phenols is 1. The summed E-state index contributed by atoms with van der Waals surface area (Å²) in [6.07, 6.45) is 5.11. The second kappa shape index (κ2) is 5.62. The minimum Gasteiger partial charge on any atom is -0.506 e. The first-order valence-electron chi connectivity index (χ1n) is 7.13. The van der Waals surface area contributed by atoms with Gasteiger partial charge in [-0.2, -0.15) is 0 Å². The van der Waals surface area contributed by atoms with Gasteiger partial charge in [-0.05, 0) is 42.4 Å². The SMILES string of the molecule is CC(C)(C)C1CCCCC1Nc1ccc(O)c(Cl)c1. The first kappa shape index (κ1) is 14.5. The molecule has 0 aromatic heterocycles. The Labute approximate surface area is 121 Å². The minimum absolute atomic E-state index is 0.142. The van der Waals surface area contributed by atoms with Gasteiger partial charge in [0.25, 0.3) is 0 Å². The summed E-state index contributed by atoms with van der Waals surface area (Å²) in [7, 11) is 0. The molecule has 1 aromatic rings. The number of aromatic hydroxyl groups is 1. The van der Waals surface area contributed by atoms with Gasteiger partial charge in [0.2, 0.25) is 0 Å². The van der Waals surface area contributed by atoms with Gasteiger partial charge in [0, 0.05) is 11.7 Å². The zero-order valence-electron chi connectivity index (χ0n) is 12.0. The molecule has 2 N–H and O–H groups in total. The first-order chi connectivity index (χ1) is 8.88. The maximum absolute atomic E-state index is 9.47. The number of phenolic OH excluding ortho intramolecular Hbond substituents is 1. The van der Waals surface area contributed by atoms with Crippen molar-refractivity contribution in [2.75, 3.05) is 5.32 Å². The Kier molecular flexibility index (Phi) is 4.29. The fourth-order valence-electron chi connectivity index (χ4n) is 3.15. The molecule has 0 radical (unpaired) electrons. The predicted octanol–water partition coefficient (Wildman–Crippen LogP) is 5.06. The molecular weight excluding hydrogens is 258 g/mol.